The predicted octanol–water partition coefficient (Wildman–Crippen LogP) is 2.13. The van der Waals surface area contributed by atoms with Crippen molar-refractivity contribution in [3.05, 3.63) is 36.2 Å². The maximum atomic E-state index is 10.9. The summed E-state index contributed by atoms with van der Waals surface area (Å²) in [6, 6.07) is 9.56. The molecule has 7 heteroatoms. The summed E-state index contributed by atoms with van der Waals surface area (Å²) in [4.78, 5) is 4.02. The molecule has 0 aliphatic carbocycles. The van der Waals surface area contributed by atoms with Gasteiger partial charge < -0.3 is 5.32 Å². The van der Waals surface area contributed by atoms with Crippen LogP contribution >= 0.6 is 0 Å². The van der Waals surface area contributed by atoms with E-state index in [9.17, 15) is 8.42 Å². The van der Waals surface area contributed by atoms with Crippen molar-refractivity contribution in [3.8, 4) is 6.07 Å². The minimum atomic E-state index is -3.40. The first-order valence-electron chi connectivity index (χ1n) is 6.76. The Morgan fingerprint density at radius 3 is 2.86 bits per heavy atom. The Hall–Kier alpha value is -2.17. The summed E-state index contributed by atoms with van der Waals surface area (Å²) in [7, 11) is -3.40. The predicted molar refractivity (Wildman–Crippen MR) is 84.9 cm³/mol. The fourth-order valence-corrected chi connectivity index (χ4v) is 2.45. The number of benzene rings is 1. The largest absolute Gasteiger partial charge is 0.385 e. The van der Waals surface area contributed by atoms with Gasteiger partial charge in [0.2, 0.25) is 0 Å². The number of rotatable bonds is 6. The lowest BCUT2D eigenvalue weighted by atomic mass is 10.1. The molecular formula is C15H17N3O3S. The van der Waals surface area contributed by atoms with Crippen LogP contribution in [-0.2, 0) is 14.3 Å². The highest BCUT2D eigenvalue weighted by Crippen LogP contribution is 2.21. The van der Waals surface area contributed by atoms with Gasteiger partial charge in [-0.3, -0.25) is 4.18 Å². The molecule has 1 heterocycles. The van der Waals surface area contributed by atoms with E-state index in [4.69, 9.17) is 9.44 Å². The fourth-order valence-electron chi connectivity index (χ4n) is 1.97. The fraction of sp³-hybridized carbons (Fsp3) is 0.333. The number of nitriles is 1. The van der Waals surface area contributed by atoms with E-state index in [0.717, 1.165) is 22.7 Å². The number of hydrogen-bond donors (Lipinski definition) is 1. The summed E-state index contributed by atoms with van der Waals surface area (Å²) >= 11 is 0. The lowest BCUT2D eigenvalue weighted by Gasteiger charge is -2.13. The zero-order valence-corrected chi connectivity index (χ0v) is 13.2. The number of aromatic nitrogens is 1. The molecule has 0 aliphatic rings. The van der Waals surface area contributed by atoms with Crippen LogP contribution in [0.5, 0.6) is 0 Å². The number of anilines is 1. The van der Waals surface area contributed by atoms with Crippen LogP contribution in [0.25, 0.3) is 10.8 Å². The van der Waals surface area contributed by atoms with Crippen LogP contribution in [0.15, 0.2) is 30.5 Å². The van der Waals surface area contributed by atoms with Crippen LogP contribution in [0.3, 0.4) is 0 Å². The first-order valence-corrected chi connectivity index (χ1v) is 8.58. The van der Waals surface area contributed by atoms with E-state index in [1.165, 1.54) is 0 Å². The highest BCUT2D eigenvalue weighted by molar-refractivity contribution is 7.85. The van der Waals surface area contributed by atoms with Crippen LogP contribution in [0.1, 0.15) is 12.6 Å². The lowest BCUT2D eigenvalue weighted by Crippen LogP contribution is -2.18. The van der Waals surface area contributed by atoms with E-state index >= 15 is 0 Å². The monoisotopic (exact) mass is 319 g/mol. The summed E-state index contributed by atoms with van der Waals surface area (Å²) in [5, 5.41) is 14.0. The van der Waals surface area contributed by atoms with E-state index < -0.39 is 10.1 Å². The average Bonchev–Trinajstić information content (AvgIpc) is 2.49. The maximum Gasteiger partial charge on any atom is 0.264 e. The molecule has 2 aromatic rings. The molecule has 116 valence electrons. The summed E-state index contributed by atoms with van der Waals surface area (Å²) in [6.45, 7) is 2.62. The molecule has 0 radical (unpaired) electrons. The molecule has 0 saturated heterocycles. The molecule has 0 spiro atoms. The Morgan fingerprint density at radius 2 is 2.18 bits per heavy atom. The van der Waals surface area contributed by atoms with Crippen LogP contribution in [0, 0.1) is 17.2 Å². The Kier molecular flexibility index (Phi) is 4.96. The molecule has 0 fully saturated rings. The quantitative estimate of drug-likeness (QED) is 0.820. The zero-order valence-electron chi connectivity index (χ0n) is 12.4. The summed E-state index contributed by atoms with van der Waals surface area (Å²) in [6.07, 6.45) is 2.64. The van der Waals surface area contributed by atoms with Crippen molar-refractivity contribution in [2.45, 2.75) is 6.92 Å². The molecule has 0 amide bonds. The maximum absolute atomic E-state index is 10.9. The van der Waals surface area contributed by atoms with Gasteiger partial charge in [0, 0.05) is 23.8 Å². The number of nitrogens with zero attached hydrogens (tertiary/aromatic N) is 2. The smallest absolute Gasteiger partial charge is 0.264 e. The van der Waals surface area contributed by atoms with Gasteiger partial charge in [-0.2, -0.15) is 13.7 Å². The standard InChI is InChI=1S/C15H17N3O3S/c1-11(10-21-22(2,19)20)9-18-13-3-4-14-12(7-13)5-6-17-15(14)8-16/h3-7,11,18H,9-10H2,1-2H3. The van der Waals surface area contributed by atoms with Gasteiger partial charge in [0.1, 0.15) is 11.8 Å². The van der Waals surface area contributed by atoms with Gasteiger partial charge in [-0.05, 0) is 35.6 Å². The van der Waals surface area contributed by atoms with E-state index in [-0.39, 0.29) is 12.5 Å². The molecule has 1 aromatic heterocycles. The Labute approximate surface area is 129 Å². The molecule has 1 aromatic carbocycles. The van der Waals surface area contributed by atoms with E-state index in [1.54, 1.807) is 6.20 Å². The van der Waals surface area contributed by atoms with Gasteiger partial charge in [-0.25, -0.2) is 4.98 Å². The van der Waals surface area contributed by atoms with Gasteiger partial charge in [0.15, 0.2) is 0 Å². The van der Waals surface area contributed by atoms with Crippen molar-refractivity contribution in [3.63, 3.8) is 0 Å². The van der Waals surface area contributed by atoms with Crippen molar-refractivity contribution < 1.29 is 12.6 Å². The summed E-state index contributed by atoms with van der Waals surface area (Å²) < 4.78 is 26.7. The second-order valence-electron chi connectivity index (χ2n) is 5.18. The molecular weight excluding hydrogens is 302 g/mol. The lowest BCUT2D eigenvalue weighted by molar-refractivity contribution is 0.274. The number of nitrogens with one attached hydrogen (secondary N) is 1. The summed E-state index contributed by atoms with van der Waals surface area (Å²) in [5.41, 5.74) is 1.30. The normalized spacial score (nSPS) is 12.8. The topological polar surface area (TPSA) is 92.1 Å². The third-order valence-electron chi connectivity index (χ3n) is 3.09. The van der Waals surface area contributed by atoms with E-state index in [1.807, 2.05) is 31.2 Å². The highest BCUT2D eigenvalue weighted by Gasteiger charge is 2.08. The van der Waals surface area contributed by atoms with Crippen LogP contribution < -0.4 is 5.32 Å². The van der Waals surface area contributed by atoms with Gasteiger partial charge >= 0.3 is 0 Å². The molecule has 0 aliphatic heterocycles. The highest BCUT2D eigenvalue weighted by atomic mass is 32.2. The van der Waals surface area contributed by atoms with Crippen molar-refractivity contribution in [2.75, 3.05) is 24.7 Å². The van der Waals surface area contributed by atoms with Crippen LogP contribution in [0.4, 0.5) is 5.69 Å². The van der Waals surface area contributed by atoms with Crippen molar-refractivity contribution >= 4 is 26.6 Å². The average molecular weight is 319 g/mol. The number of pyridine rings is 1. The second kappa shape index (κ2) is 6.73. The number of fused-ring (bicyclic) bond motifs is 1. The number of hydrogen-bond acceptors (Lipinski definition) is 6. The van der Waals surface area contributed by atoms with E-state index in [2.05, 4.69) is 16.4 Å². The summed E-state index contributed by atoms with van der Waals surface area (Å²) in [5.74, 6) is 0.0394. The minimum absolute atomic E-state index is 0.0394. The molecule has 1 unspecified atom stereocenters. The molecule has 1 atom stereocenters. The zero-order chi connectivity index (χ0) is 16.2. The van der Waals surface area contributed by atoms with Crippen molar-refractivity contribution in [2.24, 2.45) is 5.92 Å². The van der Waals surface area contributed by atoms with Gasteiger partial charge in [-0.1, -0.05) is 6.92 Å². The van der Waals surface area contributed by atoms with Crippen molar-refractivity contribution in [1.82, 2.24) is 4.98 Å². The van der Waals surface area contributed by atoms with Gasteiger partial charge in [0.25, 0.3) is 10.1 Å². The molecule has 0 saturated carbocycles. The van der Waals surface area contributed by atoms with Gasteiger partial charge in [0.05, 0.1) is 12.9 Å². The molecule has 22 heavy (non-hydrogen) atoms. The molecule has 2 rings (SSSR count). The first kappa shape index (κ1) is 16.2. The Morgan fingerprint density at radius 1 is 1.41 bits per heavy atom. The second-order valence-corrected chi connectivity index (χ2v) is 6.83. The first-order chi connectivity index (χ1) is 10.4. The van der Waals surface area contributed by atoms with E-state index in [0.29, 0.717) is 12.2 Å². The third-order valence-corrected chi connectivity index (χ3v) is 3.66. The van der Waals surface area contributed by atoms with Crippen LogP contribution in [-0.4, -0.2) is 32.8 Å². The Bertz CT molecular complexity index is 812. The minimum Gasteiger partial charge on any atom is -0.385 e. The SMILES string of the molecule is CC(CNc1ccc2c(C#N)nccc2c1)COS(C)(=O)=O. The molecule has 0 bridgehead atoms. The van der Waals surface area contributed by atoms with Crippen LogP contribution in [0.2, 0.25) is 0 Å². The molecule has 1 N–H and O–H groups in total. The Balaban J connectivity index is 2.02. The van der Waals surface area contributed by atoms with Gasteiger partial charge in [-0.15, -0.1) is 0 Å². The molecule has 6 nitrogen and oxygen atoms in total. The third kappa shape index (κ3) is 4.41. The van der Waals surface area contributed by atoms with Crippen molar-refractivity contribution in [1.29, 1.82) is 5.26 Å².